The third-order valence-corrected chi connectivity index (χ3v) is 2.98. The van der Waals surface area contributed by atoms with Crippen molar-refractivity contribution in [3.05, 3.63) is 17.8 Å². The lowest BCUT2D eigenvalue weighted by Crippen LogP contribution is -2.45. The van der Waals surface area contributed by atoms with Gasteiger partial charge < -0.3 is 14.6 Å². The van der Waals surface area contributed by atoms with Crippen molar-refractivity contribution >= 4 is 11.8 Å². The monoisotopic (exact) mass is 273 g/mol. The minimum Gasteiger partial charge on any atom is -0.438 e. The number of carbonyl (C=O) groups excluding carboxylic acids is 2. The summed E-state index contributed by atoms with van der Waals surface area (Å²) < 4.78 is 30.1. The van der Waals surface area contributed by atoms with Crippen LogP contribution in [0, 0.1) is 0 Å². The zero-order valence-corrected chi connectivity index (χ0v) is 10.2. The highest BCUT2D eigenvalue weighted by Crippen LogP contribution is 2.23. The first kappa shape index (κ1) is 13.4. The standard InChI is InChI=1S/C11H13F2N3O3/c1-6-10(17)14-3-2-4-16(6)11(18)8-7(9(12)13)15-5-19-8/h5-6,9H,2-4H2,1H3,(H,14,17)/t6-/m0/s1. The molecule has 2 heterocycles. The molecular weight excluding hydrogens is 260 g/mol. The Labute approximate surface area is 107 Å². The van der Waals surface area contributed by atoms with Gasteiger partial charge in [0.15, 0.2) is 12.1 Å². The highest BCUT2D eigenvalue weighted by Gasteiger charge is 2.33. The molecule has 2 amide bonds. The van der Waals surface area contributed by atoms with Crippen molar-refractivity contribution in [2.24, 2.45) is 0 Å². The molecule has 1 N–H and O–H groups in total. The summed E-state index contributed by atoms with van der Waals surface area (Å²) in [6, 6.07) is -0.731. The van der Waals surface area contributed by atoms with Crippen LogP contribution in [-0.4, -0.2) is 40.8 Å². The molecule has 0 radical (unpaired) electrons. The highest BCUT2D eigenvalue weighted by molar-refractivity contribution is 5.96. The predicted octanol–water partition coefficient (Wildman–Crippen LogP) is 0.963. The van der Waals surface area contributed by atoms with E-state index in [-0.39, 0.29) is 5.91 Å². The Bertz CT molecular complexity index is 489. The van der Waals surface area contributed by atoms with Gasteiger partial charge in [-0.25, -0.2) is 13.8 Å². The van der Waals surface area contributed by atoms with Crippen LogP contribution in [0.15, 0.2) is 10.8 Å². The van der Waals surface area contributed by atoms with Crippen LogP contribution >= 0.6 is 0 Å². The molecule has 2 rings (SSSR count). The van der Waals surface area contributed by atoms with Crippen LogP contribution in [0.3, 0.4) is 0 Å². The maximum Gasteiger partial charge on any atom is 0.292 e. The van der Waals surface area contributed by atoms with Crippen molar-refractivity contribution in [3.63, 3.8) is 0 Å². The number of aromatic nitrogens is 1. The number of nitrogens with zero attached hydrogens (tertiary/aromatic N) is 2. The number of hydrogen-bond donors (Lipinski definition) is 1. The summed E-state index contributed by atoms with van der Waals surface area (Å²) in [5.74, 6) is -1.56. The van der Waals surface area contributed by atoms with E-state index >= 15 is 0 Å². The van der Waals surface area contributed by atoms with E-state index in [1.807, 2.05) is 0 Å². The fourth-order valence-corrected chi connectivity index (χ4v) is 1.92. The van der Waals surface area contributed by atoms with Crippen LogP contribution in [0.2, 0.25) is 0 Å². The lowest BCUT2D eigenvalue weighted by Gasteiger charge is -2.24. The molecule has 8 heteroatoms. The molecule has 0 saturated carbocycles. The predicted molar refractivity (Wildman–Crippen MR) is 59.6 cm³/mol. The molecule has 1 saturated heterocycles. The van der Waals surface area contributed by atoms with Crippen molar-refractivity contribution in [3.8, 4) is 0 Å². The van der Waals surface area contributed by atoms with Gasteiger partial charge in [-0.2, -0.15) is 0 Å². The van der Waals surface area contributed by atoms with E-state index in [9.17, 15) is 18.4 Å². The Morgan fingerprint density at radius 2 is 2.37 bits per heavy atom. The molecule has 1 aliphatic heterocycles. The van der Waals surface area contributed by atoms with E-state index in [0.717, 1.165) is 6.39 Å². The van der Waals surface area contributed by atoms with E-state index in [1.54, 1.807) is 0 Å². The van der Waals surface area contributed by atoms with E-state index < -0.39 is 29.8 Å². The molecule has 0 aliphatic carbocycles. The number of halogens is 2. The lowest BCUT2D eigenvalue weighted by atomic mass is 10.2. The van der Waals surface area contributed by atoms with Crippen LogP contribution in [0.5, 0.6) is 0 Å². The first-order valence-electron chi connectivity index (χ1n) is 5.82. The lowest BCUT2D eigenvalue weighted by molar-refractivity contribution is -0.124. The molecule has 1 aromatic rings. The zero-order chi connectivity index (χ0) is 14.0. The number of amides is 2. The van der Waals surface area contributed by atoms with Gasteiger partial charge >= 0.3 is 0 Å². The molecule has 1 fully saturated rings. The van der Waals surface area contributed by atoms with Crippen molar-refractivity contribution in [2.75, 3.05) is 13.1 Å². The molecule has 1 atom stereocenters. The molecule has 1 aromatic heterocycles. The highest BCUT2D eigenvalue weighted by atomic mass is 19.3. The third-order valence-electron chi connectivity index (χ3n) is 2.98. The van der Waals surface area contributed by atoms with Crippen LogP contribution < -0.4 is 5.32 Å². The summed E-state index contributed by atoms with van der Waals surface area (Å²) >= 11 is 0. The van der Waals surface area contributed by atoms with Gasteiger partial charge in [0.25, 0.3) is 12.3 Å². The van der Waals surface area contributed by atoms with E-state index in [0.29, 0.717) is 19.5 Å². The molecule has 0 aromatic carbocycles. The quantitative estimate of drug-likeness (QED) is 0.871. The minimum atomic E-state index is -2.89. The number of carbonyl (C=O) groups is 2. The van der Waals surface area contributed by atoms with Crippen molar-refractivity contribution in [1.29, 1.82) is 0 Å². The molecule has 0 spiro atoms. The maximum atomic E-state index is 12.7. The maximum absolute atomic E-state index is 12.7. The summed E-state index contributed by atoms with van der Waals surface area (Å²) in [7, 11) is 0. The number of rotatable bonds is 2. The number of hydrogen-bond acceptors (Lipinski definition) is 4. The van der Waals surface area contributed by atoms with Gasteiger partial charge in [0.2, 0.25) is 11.7 Å². The average Bonchev–Trinajstić information content (AvgIpc) is 2.80. The fourth-order valence-electron chi connectivity index (χ4n) is 1.92. The first-order valence-corrected chi connectivity index (χ1v) is 5.82. The second-order valence-electron chi connectivity index (χ2n) is 4.19. The smallest absolute Gasteiger partial charge is 0.292 e. The summed E-state index contributed by atoms with van der Waals surface area (Å²) in [5, 5.41) is 2.63. The van der Waals surface area contributed by atoms with Gasteiger partial charge in [0.05, 0.1) is 0 Å². The normalized spacial score (nSPS) is 20.3. The Morgan fingerprint density at radius 3 is 3.05 bits per heavy atom. The van der Waals surface area contributed by atoms with E-state index in [4.69, 9.17) is 4.42 Å². The molecule has 0 bridgehead atoms. The number of nitrogens with one attached hydrogen (secondary N) is 1. The number of oxazole rings is 1. The molecule has 6 nitrogen and oxygen atoms in total. The van der Waals surface area contributed by atoms with E-state index in [1.165, 1.54) is 11.8 Å². The summed E-state index contributed by atoms with van der Waals surface area (Å²) in [4.78, 5) is 28.3. The summed E-state index contributed by atoms with van der Waals surface area (Å²) in [6.07, 6.45) is -1.54. The number of alkyl halides is 2. The van der Waals surface area contributed by atoms with Crippen molar-refractivity contribution in [1.82, 2.24) is 15.2 Å². The first-order chi connectivity index (χ1) is 9.02. The summed E-state index contributed by atoms with van der Waals surface area (Å²) in [6.45, 7) is 2.28. The van der Waals surface area contributed by atoms with Crippen LogP contribution in [0.1, 0.15) is 36.0 Å². The second-order valence-corrected chi connectivity index (χ2v) is 4.19. The van der Waals surface area contributed by atoms with Crippen molar-refractivity contribution < 1.29 is 22.8 Å². The van der Waals surface area contributed by atoms with Crippen molar-refractivity contribution in [2.45, 2.75) is 25.8 Å². The van der Waals surface area contributed by atoms with Gasteiger partial charge in [-0.1, -0.05) is 0 Å². The summed E-state index contributed by atoms with van der Waals surface area (Å²) in [5.41, 5.74) is -0.693. The zero-order valence-electron chi connectivity index (χ0n) is 10.2. The van der Waals surface area contributed by atoms with Crippen LogP contribution in [-0.2, 0) is 4.79 Å². The Balaban J connectivity index is 2.27. The third kappa shape index (κ3) is 2.56. The van der Waals surface area contributed by atoms with Gasteiger partial charge in [0, 0.05) is 13.1 Å². The Hall–Kier alpha value is -1.99. The average molecular weight is 273 g/mol. The SMILES string of the molecule is C[C@H]1C(=O)NCCCN1C(=O)c1ocnc1C(F)F. The molecule has 0 unspecified atom stereocenters. The van der Waals surface area contributed by atoms with Crippen LogP contribution in [0.4, 0.5) is 8.78 Å². The van der Waals surface area contributed by atoms with Gasteiger partial charge in [0.1, 0.15) is 6.04 Å². The topological polar surface area (TPSA) is 75.4 Å². The van der Waals surface area contributed by atoms with Crippen LogP contribution in [0.25, 0.3) is 0 Å². The Morgan fingerprint density at radius 1 is 1.63 bits per heavy atom. The molecule has 104 valence electrons. The van der Waals surface area contributed by atoms with E-state index in [2.05, 4.69) is 10.3 Å². The second kappa shape index (κ2) is 5.33. The molecular formula is C11H13F2N3O3. The fraction of sp³-hybridized carbons (Fsp3) is 0.545. The minimum absolute atomic E-state index is 0.294. The molecule has 19 heavy (non-hydrogen) atoms. The molecule has 1 aliphatic rings. The van der Waals surface area contributed by atoms with Gasteiger partial charge in [-0.15, -0.1) is 0 Å². The Kier molecular flexibility index (Phi) is 3.77. The largest absolute Gasteiger partial charge is 0.438 e. The van der Waals surface area contributed by atoms with Gasteiger partial charge in [-0.05, 0) is 13.3 Å². The van der Waals surface area contributed by atoms with Gasteiger partial charge in [-0.3, -0.25) is 9.59 Å².